The fourth-order valence-electron chi connectivity index (χ4n) is 2.37. The summed E-state index contributed by atoms with van der Waals surface area (Å²) in [5.74, 6) is 0. The molecule has 1 aromatic rings. The average molecular weight is 391 g/mol. The molecule has 1 aromatic carbocycles. The minimum absolute atomic E-state index is 0.443. The third kappa shape index (κ3) is 6.42. The van der Waals surface area contributed by atoms with Crippen LogP contribution in [0.25, 0.3) is 0 Å². The number of nitrogens with one attached hydrogen (secondary N) is 1. The lowest BCUT2D eigenvalue weighted by Crippen LogP contribution is -2.16. The molecule has 0 saturated carbocycles. The Balaban J connectivity index is 2.42. The van der Waals surface area contributed by atoms with Gasteiger partial charge in [-0.05, 0) is 37.2 Å². The zero-order valence-electron chi connectivity index (χ0n) is 12.0. The van der Waals surface area contributed by atoms with E-state index in [0.29, 0.717) is 6.04 Å². The number of halogens is 2. The van der Waals surface area contributed by atoms with Crippen LogP contribution in [0.15, 0.2) is 27.1 Å². The lowest BCUT2D eigenvalue weighted by molar-refractivity contribution is 0.496. The Hall–Kier alpha value is 0.140. The SMILES string of the molecule is CCCCCCCCC(NC)c1cc(Br)ccc1Br. The van der Waals surface area contributed by atoms with E-state index in [1.165, 1.54) is 55.0 Å². The van der Waals surface area contributed by atoms with Crippen molar-refractivity contribution >= 4 is 31.9 Å². The second-order valence-corrected chi connectivity index (χ2v) is 6.83. The summed E-state index contributed by atoms with van der Waals surface area (Å²) in [7, 11) is 2.05. The first-order valence-electron chi connectivity index (χ1n) is 7.31. The topological polar surface area (TPSA) is 12.0 Å². The molecule has 0 aliphatic carbocycles. The first-order valence-corrected chi connectivity index (χ1v) is 8.89. The zero-order valence-corrected chi connectivity index (χ0v) is 15.2. The van der Waals surface area contributed by atoms with Gasteiger partial charge in [-0.25, -0.2) is 0 Å². The molecule has 0 radical (unpaired) electrons. The summed E-state index contributed by atoms with van der Waals surface area (Å²) in [5.41, 5.74) is 1.35. The summed E-state index contributed by atoms with van der Waals surface area (Å²) in [5, 5.41) is 3.44. The Kier molecular flexibility index (Phi) is 9.01. The molecule has 19 heavy (non-hydrogen) atoms. The van der Waals surface area contributed by atoms with Crippen molar-refractivity contribution in [2.45, 2.75) is 57.9 Å². The van der Waals surface area contributed by atoms with Crippen LogP contribution >= 0.6 is 31.9 Å². The van der Waals surface area contributed by atoms with Gasteiger partial charge in [0.05, 0.1) is 0 Å². The number of hydrogen-bond acceptors (Lipinski definition) is 1. The van der Waals surface area contributed by atoms with E-state index in [2.05, 4.69) is 69.3 Å². The summed E-state index contributed by atoms with van der Waals surface area (Å²) < 4.78 is 2.34. The fraction of sp³-hybridized carbons (Fsp3) is 0.625. The molecule has 0 heterocycles. The molecular weight excluding hydrogens is 366 g/mol. The van der Waals surface area contributed by atoms with E-state index in [1.807, 2.05) is 0 Å². The van der Waals surface area contributed by atoms with Gasteiger partial charge in [0.2, 0.25) is 0 Å². The molecule has 3 heteroatoms. The van der Waals surface area contributed by atoms with Gasteiger partial charge in [-0.2, -0.15) is 0 Å². The van der Waals surface area contributed by atoms with E-state index in [4.69, 9.17) is 0 Å². The van der Waals surface area contributed by atoms with Crippen LogP contribution in [0, 0.1) is 0 Å². The molecule has 1 unspecified atom stereocenters. The molecule has 1 nitrogen and oxygen atoms in total. The Bertz CT molecular complexity index is 366. The van der Waals surface area contributed by atoms with Gasteiger partial charge in [0.15, 0.2) is 0 Å². The first kappa shape index (κ1) is 17.2. The highest BCUT2D eigenvalue weighted by Gasteiger charge is 2.12. The molecule has 0 spiro atoms. The summed E-state index contributed by atoms with van der Waals surface area (Å²) in [4.78, 5) is 0. The number of unbranched alkanes of at least 4 members (excludes halogenated alkanes) is 5. The van der Waals surface area contributed by atoms with Crippen molar-refractivity contribution in [2.75, 3.05) is 7.05 Å². The van der Waals surface area contributed by atoms with Crippen LogP contribution in [0.4, 0.5) is 0 Å². The van der Waals surface area contributed by atoms with Crippen LogP contribution < -0.4 is 5.32 Å². The summed E-state index contributed by atoms with van der Waals surface area (Å²) >= 11 is 7.21. The van der Waals surface area contributed by atoms with Crippen LogP contribution in [0.3, 0.4) is 0 Å². The highest BCUT2D eigenvalue weighted by atomic mass is 79.9. The third-order valence-corrected chi connectivity index (χ3v) is 4.74. The predicted molar refractivity (Wildman–Crippen MR) is 91.6 cm³/mol. The van der Waals surface area contributed by atoms with Gasteiger partial charge in [-0.3, -0.25) is 0 Å². The molecule has 0 bridgehead atoms. The lowest BCUT2D eigenvalue weighted by Gasteiger charge is -2.18. The Labute approximate surface area is 134 Å². The fourth-order valence-corrected chi connectivity index (χ4v) is 3.27. The molecule has 0 aliphatic rings. The summed E-state index contributed by atoms with van der Waals surface area (Å²) in [6.07, 6.45) is 9.33. The number of rotatable bonds is 9. The molecule has 0 fully saturated rings. The van der Waals surface area contributed by atoms with Gasteiger partial charge in [-0.15, -0.1) is 0 Å². The van der Waals surface area contributed by atoms with Crippen molar-refractivity contribution in [2.24, 2.45) is 0 Å². The van der Waals surface area contributed by atoms with E-state index in [0.717, 1.165) is 4.47 Å². The van der Waals surface area contributed by atoms with Crippen LogP contribution in [0.1, 0.15) is 63.5 Å². The Morgan fingerprint density at radius 2 is 1.74 bits per heavy atom. The summed E-state index contributed by atoms with van der Waals surface area (Å²) in [6.45, 7) is 2.27. The van der Waals surface area contributed by atoms with Crippen molar-refractivity contribution in [1.29, 1.82) is 0 Å². The molecule has 0 amide bonds. The molecule has 0 aromatic heterocycles. The van der Waals surface area contributed by atoms with Crippen molar-refractivity contribution in [3.63, 3.8) is 0 Å². The van der Waals surface area contributed by atoms with E-state index in [1.54, 1.807) is 0 Å². The third-order valence-electron chi connectivity index (χ3n) is 3.53. The van der Waals surface area contributed by atoms with Gasteiger partial charge in [0, 0.05) is 15.0 Å². The monoisotopic (exact) mass is 389 g/mol. The van der Waals surface area contributed by atoms with Gasteiger partial charge in [0.25, 0.3) is 0 Å². The second kappa shape index (κ2) is 9.95. The van der Waals surface area contributed by atoms with E-state index >= 15 is 0 Å². The molecule has 0 saturated heterocycles. The van der Waals surface area contributed by atoms with Crippen molar-refractivity contribution in [3.05, 3.63) is 32.7 Å². The predicted octanol–water partition coefficient (Wildman–Crippen LogP) is 6.22. The molecular formula is C16H25Br2N. The zero-order chi connectivity index (χ0) is 14.1. The number of hydrogen-bond donors (Lipinski definition) is 1. The maximum atomic E-state index is 3.65. The molecule has 1 N–H and O–H groups in total. The molecule has 0 aliphatic heterocycles. The van der Waals surface area contributed by atoms with Gasteiger partial charge in [0.1, 0.15) is 0 Å². The van der Waals surface area contributed by atoms with Crippen LogP contribution in [0.5, 0.6) is 0 Å². The highest BCUT2D eigenvalue weighted by molar-refractivity contribution is 9.11. The smallest absolute Gasteiger partial charge is 0.0329 e. The number of benzene rings is 1. The maximum Gasteiger partial charge on any atom is 0.0329 e. The first-order chi connectivity index (χ1) is 9.19. The summed E-state index contributed by atoms with van der Waals surface area (Å²) in [6, 6.07) is 6.84. The van der Waals surface area contributed by atoms with Gasteiger partial charge >= 0.3 is 0 Å². The van der Waals surface area contributed by atoms with E-state index < -0.39 is 0 Å². The molecule has 1 atom stereocenters. The second-order valence-electron chi connectivity index (χ2n) is 5.06. The maximum absolute atomic E-state index is 3.65. The largest absolute Gasteiger partial charge is 0.313 e. The van der Waals surface area contributed by atoms with Gasteiger partial charge in [-0.1, -0.05) is 77.3 Å². The minimum Gasteiger partial charge on any atom is -0.313 e. The Morgan fingerprint density at radius 3 is 2.42 bits per heavy atom. The van der Waals surface area contributed by atoms with Crippen molar-refractivity contribution in [1.82, 2.24) is 5.32 Å². The molecule has 108 valence electrons. The van der Waals surface area contributed by atoms with Crippen LogP contribution in [-0.2, 0) is 0 Å². The van der Waals surface area contributed by atoms with Crippen molar-refractivity contribution < 1.29 is 0 Å². The minimum atomic E-state index is 0.443. The average Bonchev–Trinajstić information content (AvgIpc) is 2.41. The van der Waals surface area contributed by atoms with Crippen molar-refractivity contribution in [3.8, 4) is 0 Å². The van der Waals surface area contributed by atoms with E-state index in [-0.39, 0.29) is 0 Å². The van der Waals surface area contributed by atoms with Gasteiger partial charge < -0.3 is 5.32 Å². The normalized spacial score (nSPS) is 12.6. The lowest BCUT2D eigenvalue weighted by atomic mass is 10.00. The van der Waals surface area contributed by atoms with Crippen LogP contribution in [0.2, 0.25) is 0 Å². The Morgan fingerprint density at radius 1 is 1.05 bits per heavy atom. The highest BCUT2D eigenvalue weighted by Crippen LogP contribution is 2.29. The van der Waals surface area contributed by atoms with E-state index in [9.17, 15) is 0 Å². The standard InChI is InChI=1S/C16H25Br2N/c1-3-4-5-6-7-8-9-16(19-2)14-12-13(17)10-11-15(14)18/h10-12,16,19H,3-9H2,1-2H3. The molecule has 1 rings (SSSR count). The quantitative estimate of drug-likeness (QED) is 0.493. The van der Waals surface area contributed by atoms with Crippen LogP contribution in [-0.4, -0.2) is 7.05 Å².